The van der Waals surface area contributed by atoms with Gasteiger partial charge in [-0.05, 0) is 47.9 Å². The van der Waals surface area contributed by atoms with Crippen LogP contribution < -0.4 is 10.1 Å². The second kappa shape index (κ2) is 11.2. The van der Waals surface area contributed by atoms with E-state index in [1.807, 2.05) is 41.8 Å². The zero-order valence-electron chi connectivity index (χ0n) is 19.2. The normalized spacial score (nSPS) is 16.8. The van der Waals surface area contributed by atoms with Crippen LogP contribution in [0.5, 0.6) is 5.75 Å². The Balaban J connectivity index is 1.44. The lowest BCUT2D eigenvalue weighted by molar-refractivity contribution is -0.119. The minimum atomic E-state index is -0.0737. The lowest BCUT2D eigenvalue weighted by Crippen LogP contribution is -2.33. The monoisotopic (exact) mass is 486 g/mol. The highest BCUT2D eigenvalue weighted by molar-refractivity contribution is 7.99. The highest BCUT2D eigenvalue weighted by atomic mass is 32.2. The Morgan fingerprint density at radius 2 is 2.12 bits per heavy atom. The fraction of sp³-hybridized carbons (Fsp3) is 0.458. The summed E-state index contributed by atoms with van der Waals surface area (Å²) < 4.78 is 13.2. The van der Waals surface area contributed by atoms with E-state index in [2.05, 4.69) is 33.9 Å². The minimum absolute atomic E-state index is 0.0288. The average Bonchev–Trinajstić information content (AvgIpc) is 3.59. The lowest BCUT2D eigenvalue weighted by atomic mass is 9.96. The van der Waals surface area contributed by atoms with Crippen LogP contribution in [0.1, 0.15) is 38.3 Å². The fourth-order valence-electron chi connectivity index (χ4n) is 3.93. The first-order valence-electron chi connectivity index (χ1n) is 11.2. The lowest BCUT2D eigenvalue weighted by Gasteiger charge is -2.23. The fourth-order valence-corrected chi connectivity index (χ4v) is 5.41. The number of rotatable bonds is 10. The zero-order valence-corrected chi connectivity index (χ0v) is 20.8. The van der Waals surface area contributed by atoms with Crippen molar-refractivity contribution in [2.75, 3.05) is 19.5 Å². The molecule has 3 heterocycles. The van der Waals surface area contributed by atoms with Crippen LogP contribution in [0, 0.1) is 5.92 Å². The average molecular weight is 487 g/mol. The van der Waals surface area contributed by atoms with Crippen molar-refractivity contribution in [2.45, 2.75) is 50.5 Å². The first kappa shape index (κ1) is 23.8. The Morgan fingerprint density at radius 1 is 1.30 bits per heavy atom. The number of amides is 1. The summed E-state index contributed by atoms with van der Waals surface area (Å²) in [4.78, 5) is 13.9. The third kappa shape index (κ3) is 5.96. The maximum atomic E-state index is 12.9. The molecule has 9 heteroatoms. The smallest absolute Gasteiger partial charge is 0.230 e. The molecule has 4 rings (SSSR count). The summed E-state index contributed by atoms with van der Waals surface area (Å²) in [6, 6.07) is 11.8. The Morgan fingerprint density at radius 3 is 2.76 bits per heavy atom. The van der Waals surface area contributed by atoms with Crippen LogP contribution >= 0.6 is 23.1 Å². The predicted molar refractivity (Wildman–Crippen MR) is 132 cm³/mol. The van der Waals surface area contributed by atoms with Gasteiger partial charge in [-0.3, -0.25) is 9.36 Å². The molecule has 0 unspecified atom stereocenters. The first-order chi connectivity index (χ1) is 16.0. The number of hydrogen-bond donors (Lipinski definition) is 1. The number of nitrogens with one attached hydrogen (secondary N) is 1. The van der Waals surface area contributed by atoms with Gasteiger partial charge in [0.15, 0.2) is 11.0 Å². The zero-order chi connectivity index (χ0) is 23.2. The van der Waals surface area contributed by atoms with Crippen LogP contribution in [0.4, 0.5) is 0 Å². The van der Waals surface area contributed by atoms with E-state index in [0.717, 1.165) is 46.6 Å². The van der Waals surface area contributed by atoms with E-state index in [4.69, 9.17) is 9.47 Å². The predicted octanol–water partition coefficient (Wildman–Crippen LogP) is 4.80. The van der Waals surface area contributed by atoms with E-state index < -0.39 is 0 Å². The molecule has 1 saturated heterocycles. The summed E-state index contributed by atoms with van der Waals surface area (Å²) in [6.45, 7) is 5.71. The third-order valence-electron chi connectivity index (χ3n) is 5.66. The molecule has 1 aliphatic rings. The van der Waals surface area contributed by atoms with Crippen molar-refractivity contribution >= 4 is 29.0 Å². The molecule has 1 fully saturated rings. The van der Waals surface area contributed by atoms with E-state index in [0.29, 0.717) is 6.54 Å². The van der Waals surface area contributed by atoms with Crippen LogP contribution in [0.15, 0.2) is 46.9 Å². The van der Waals surface area contributed by atoms with Crippen molar-refractivity contribution in [2.24, 2.45) is 5.92 Å². The molecule has 1 N–H and O–H groups in total. The van der Waals surface area contributed by atoms with Gasteiger partial charge in [0, 0.05) is 6.61 Å². The largest absolute Gasteiger partial charge is 0.497 e. The van der Waals surface area contributed by atoms with Crippen molar-refractivity contribution in [1.82, 2.24) is 20.1 Å². The van der Waals surface area contributed by atoms with E-state index in [-0.39, 0.29) is 29.7 Å². The molecule has 1 aromatic carbocycles. The van der Waals surface area contributed by atoms with Crippen molar-refractivity contribution < 1.29 is 14.3 Å². The number of ether oxygens (including phenoxy) is 2. The second-order valence-corrected chi connectivity index (χ2v) is 10.3. The van der Waals surface area contributed by atoms with E-state index in [1.165, 1.54) is 11.8 Å². The third-order valence-corrected chi connectivity index (χ3v) is 7.49. The number of carbonyl (C=O) groups is 1. The van der Waals surface area contributed by atoms with Gasteiger partial charge in [-0.1, -0.05) is 43.8 Å². The molecule has 0 spiro atoms. The van der Waals surface area contributed by atoms with Crippen LogP contribution in [0.2, 0.25) is 0 Å². The number of methoxy groups -OCH3 is 1. The van der Waals surface area contributed by atoms with Crippen LogP contribution in [0.3, 0.4) is 0 Å². The number of hydrogen-bond acceptors (Lipinski definition) is 7. The van der Waals surface area contributed by atoms with Gasteiger partial charge in [0.25, 0.3) is 0 Å². The van der Waals surface area contributed by atoms with E-state index in [9.17, 15) is 4.79 Å². The molecule has 2 aromatic heterocycles. The maximum Gasteiger partial charge on any atom is 0.230 e. The molecule has 3 aromatic rings. The number of nitrogens with zero attached hydrogens (tertiary/aromatic N) is 3. The Labute approximate surface area is 202 Å². The van der Waals surface area contributed by atoms with Crippen molar-refractivity contribution in [3.63, 3.8) is 0 Å². The van der Waals surface area contributed by atoms with Crippen LogP contribution in [-0.2, 0) is 16.1 Å². The molecule has 0 radical (unpaired) electrons. The molecular weight excluding hydrogens is 456 g/mol. The Kier molecular flexibility index (Phi) is 8.06. The van der Waals surface area contributed by atoms with E-state index >= 15 is 0 Å². The number of aromatic nitrogens is 3. The number of carbonyl (C=O) groups excluding carboxylic acids is 1. The van der Waals surface area contributed by atoms with Gasteiger partial charge >= 0.3 is 0 Å². The maximum absolute atomic E-state index is 12.9. The summed E-state index contributed by atoms with van der Waals surface area (Å²) in [6.07, 6.45) is 2.27. The molecule has 7 nitrogen and oxygen atoms in total. The molecule has 1 aliphatic heterocycles. The summed E-state index contributed by atoms with van der Waals surface area (Å²) in [5.74, 6) is 2.13. The Hall–Kier alpha value is -2.36. The summed E-state index contributed by atoms with van der Waals surface area (Å²) in [5.41, 5.74) is 1.06. The second-order valence-electron chi connectivity index (χ2n) is 8.38. The van der Waals surface area contributed by atoms with Gasteiger partial charge in [-0.25, -0.2) is 0 Å². The van der Waals surface area contributed by atoms with Crippen molar-refractivity contribution in [3.8, 4) is 16.5 Å². The summed E-state index contributed by atoms with van der Waals surface area (Å²) in [5, 5.41) is 14.8. The molecule has 33 heavy (non-hydrogen) atoms. The van der Waals surface area contributed by atoms with Gasteiger partial charge < -0.3 is 14.8 Å². The summed E-state index contributed by atoms with van der Waals surface area (Å²) in [7, 11) is 1.65. The van der Waals surface area contributed by atoms with Gasteiger partial charge in [-0.15, -0.1) is 21.5 Å². The van der Waals surface area contributed by atoms with Gasteiger partial charge in [0.05, 0.1) is 36.4 Å². The van der Waals surface area contributed by atoms with Gasteiger partial charge in [0.2, 0.25) is 5.91 Å². The highest BCUT2D eigenvalue weighted by Crippen LogP contribution is 2.29. The molecule has 2 atom stereocenters. The molecule has 0 saturated carbocycles. The summed E-state index contributed by atoms with van der Waals surface area (Å²) >= 11 is 3.05. The molecule has 1 amide bonds. The van der Waals surface area contributed by atoms with E-state index in [1.54, 1.807) is 18.4 Å². The first-order valence-corrected chi connectivity index (χ1v) is 13.1. The quantitative estimate of drug-likeness (QED) is 0.415. The number of thiophene rings is 1. The standard InChI is InChI=1S/C24H30N4O3S2/c1-16(2)22(17-8-10-18(30-3)11-9-17)25-21(29)15-33-24-27-26-23(20-7-5-13-32-20)28(24)14-19-6-4-12-31-19/h5,7-11,13,16,19,22H,4,6,12,14-15H2,1-3H3,(H,25,29)/t19-,22-/m1/s1. The molecule has 176 valence electrons. The van der Waals surface area contributed by atoms with Crippen LogP contribution in [-0.4, -0.2) is 46.2 Å². The number of thioether (sulfide) groups is 1. The van der Waals surface area contributed by atoms with Crippen LogP contribution in [0.25, 0.3) is 10.7 Å². The van der Waals surface area contributed by atoms with Crippen molar-refractivity contribution in [3.05, 3.63) is 47.3 Å². The van der Waals surface area contributed by atoms with Gasteiger partial charge in [0.1, 0.15) is 5.75 Å². The van der Waals surface area contributed by atoms with Gasteiger partial charge in [-0.2, -0.15) is 0 Å². The molecule has 0 bridgehead atoms. The Bertz CT molecular complexity index is 1030. The molecular formula is C24H30N4O3S2. The molecule has 0 aliphatic carbocycles. The van der Waals surface area contributed by atoms with Crippen molar-refractivity contribution in [1.29, 1.82) is 0 Å². The number of benzene rings is 1. The highest BCUT2D eigenvalue weighted by Gasteiger charge is 2.23. The topological polar surface area (TPSA) is 78.3 Å². The minimum Gasteiger partial charge on any atom is -0.497 e. The SMILES string of the molecule is COc1ccc([C@H](NC(=O)CSc2nnc(-c3cccs3)n2C[C@H]2CCCO2)C(C)C)cc1.